The summed E-state index contributed by atoms with van der Waals surface area (Å²) in [6.07, 6.45) is 10.3. The van der Waals surface area contributed by atoms with Crippen molar-refractivity contribution < 1.29 is 9.59 Å². The molecule has 0 aromatic rings. The molecule has 0 unspecified atom stereocenters. The van der Waals surface area contributed by atoms with Crippen molar-refractivity contribution in [1.29, 1.82) is 0 Å². The summed E-state index contributed by atoms with van der Waals surface area (Å²) in [5.41, 5.74) is 0.550. The molecule has 4 aliphatic carbocycles. The normalized spacial score (nSPS) is 52.5. The monoisotopic (exact) mass is 316 g/mol. The fraction of sp³-hybridized carbons (Fsp3) is 0.905. The molecule has 4 aliphatic rings. The van der Waals surface area contributed by atoms with Gasteiger partial charge in [0.25, 0.3) is 0 Å². The standard InChI is InChI=1S/C21H32O2/c1-13(22)17-6-7-19-16-8-10-20(2)12-14(23)4-5-18(20)15(16)9-11-21(17,19)3/h15-19H,4-12H2,1-3H3/t15-,16-,17-,18+,19+,20-,21-/m1/s1. The van der Waals surface area contributed by atoms with Gasteiger partial charge in [-0.3, -0.25) is 9.59 Å². The van der Waals surface area contributed by atoms with E-state index in [0.717, 1.165) is 49.4 Å². The number of hydrogen-bond donors (Lipinski definition) is 0. The van der Waals surface area contributed by atoms with Crippen LogP contribution < -0.4 is 0 Å². The van der Waals surface area contributed by atoms with Crippen molar-refractivity contribution >= 4 is 11.6 Å². The molecular formula is C21H32O2. The average Bonchev–Trinajstić information content (AvgIpc) is 2.83. The molecule has 4 rings (SSSR count). The minimum atomic E-state index is 0.269. The largest absolute Gasteiger partial charge is 0.300 e. The third-order valence-electron chi connectivity index (χ3n) is 8.78. The minimum Gasteiger partial charge on any atom is -0.300 e. The SMILES string of the molecule is CC(=O)[C@H]1CC[C@H]2[C@@H]3CC[C@]4(C)CC(=O)CC[C@H]4[C@@H]3CC[C@]12C. The van der Waals surface area contributed by atoms with Gasteiger partial charge in [-0.05, 0) is 86.4 Å². The highest BCUT2D eigenvalue weighted by atomic mass is 16.1. The first kappa shape index (κ1) is 15.8. The molecule has 2 heteroatoms. The lowest BCUT2D eigenvalue weighted by Crippen LogP contribution is -2.52. The van der Waals surface area contributed by atoms with Gasteiger partial charge in [-0.15, -0.1) is 0 Å². The average molecular weight is 316 g/mol. The number of carbonyl (C=O) groups is 2. The Hall–Kier alpha value is -0.660. The van der Waals surface area contributed by atoms with Gasteiger partial charge in [0, 0.05) is 18.8 Å². The number of Topliss-reactive ketones (excluding diaryl/α,β-unsaturated/α-hetero) is 2. The van der Waals surface area contributed by atoms with Crippen LogP contribution in [0.5, 0.6) is 0 Å². The van der Waals surface area contributed by atoms with E-state index in [9.17, 15) is 9.59 Å². The molecular weight excluding hydrogens is 284 g/mol. The fourth-order valence-corrected chi connectivity index (χ4v) is 7.74. The Morgan fingerprint density at radius 2 is 1.65 bits per heavy atom. The summed E-state index contributed by atoms with van der Waals surface area (Å²) in [6.45, 7) is 6.63. The van der Waals surface area contributed by atoms with E-state index in [1.54, 1.807) is 0 Å². The molecule has 7 atom stereocenters. The summed E-state index contributed by atoms with van der Waals surface area (Å²) in [5.74, 6) is 4.42. The van der Waals surface area contributed by atoms with Crippen LogP contribution in [0.25, 0.3) is 0 Å². The van der Waals surface area contributed by atoms with Gasteiger partial charge in [0.05, 0.1) is 0 Å². The number of hydrogen-bond acceptors (Lipinski definition) is 2. The molecule has 0 heterocycles. The zero-order valence-electron chi connectivity index (χ0n) is 15.1. The van der Waals surface area contributed by atoms with Gasteiger partial charge in [0.15, 0.2) is 0 Å². The lowest BCUT2D eigenvalue weighted by atomic mass is 9.46. The molecule has 0 saturated heterocycles. The first-order valence-electron chi connectivity index (χ1n) is 9.87. The van der Waals surface area contributed by atoms with Crippen LogP contribution in [-0.4, -0.2) is 11.6 Å². The molecule has 0 aliphatic heterocycles. The maximum atomic E-state index is 12.1. The Bertz CT molecular complexity index is 538. The predicted octanol–water partition coefficient (Wildman–Crippen LogP) is 4.80. The van der Waals surface area contributed by atoms with Gasteiger partial charge in [0.2, 0.25) is 0 Å². The van der Waals surface area contributed by atoms with E-state index in [0.29, 0.717) is 17.5 Å². The van der Waals surface area contributed by atoms with E-state index in [1.807, 2.05) is 6.92 Å². The molecule has 2 nitrogen and oxygen atoms in total. The van der Waals surface area contributed by atoms with Crippen LogP contribution in [0.1, 0.15) is 78.6 Å². The number of carbonyl (C=O) groups excluding carboxylic acids is 2. The Morgan fingerprint density at radius 3 is 2.39 bits per heavy atom. The highest BCUT2D eigenvalue weighted by Crippen LogP contribution is 2.66. The third kappa shape index (κ3) is 2.19. The lowest BCUT2D eigenvalue weighted by Gasteiger charge is -2.58. The second-order valence-electron chi connectivity index (χ2n) is 9.77. The summed E-state index contributed by atoms with van der Waals surface area (Å²) < 4.78 is 0. The molecule has 0 aromatic carbocycles. The van der Waals surface area contributed by atoms with Crippen LogP contribution in [0.15, 0.2) is 0 Å². The van der Waals surface area contributed by atoms with E-state index >= 15 is 0 Å². The number of rotatable bonds is 1. The van der Waals surface area contributed by atoms with Crippen molar-refractivity contribution in [2.24, 2.45) is 40.4 Å². The summed E-state index contributed by atoms with van der Waals surface area (Å²) >= 11 is 0. The maximum Gasteiger partial charge on any atom is 0.133 e. The first-order valence-corrected chi connectivity index (χ1v) is 9.87. The van der Waals surface area contributed by atoms with E-state index < -0.39 is 0 Å². The van der Waals surface area contributed by atoms with Crippen LogP contribution in [0.4, 0.5) is 0 Å². The van der Waals surface area contributed by atoms with E-state index in [-0.39, 0.29) is 10.8 Å². The minimum absolute atomic E-state index is 0.269. The smallest absolute Gasteiger partial charge is 0.133 e. The first-order chi connectivity index (χ1) is 10.8. The Morgan fingerprint density at radius 1 is 0.957 bits per heavy atom. The van der Waals surface area contributed by atoms with Crippen molar-refractivity contribution in [2.75, 3.05) is 0 Å². The van der Waals surface area contributed by atoms with Gasteiger partial charge in [-0.1, -0.05) is 13.8 Å². The zero-order valence-corrected chi connectivity index (χ0v) is 15.1. The van der Waals surface area contributed by atoms with Gasteiger partial charge < -0.3 is 0 Å². The fourth-order valence-electron chi connectivity index (χ4n) is 7.74. The van der Waals surface area contributed by atoms with Gasteiger partial charge in [0.1, 0.15) is 11.6 Å². The lowest BCUT2D eigenvalue weighted by molar-refractivity contribution is -0.139. The van der Waals surface area contributed by atoms with Gasteiger partial charge in [-0.2, -0.15) is 0 Å². The second kappa shape index (κ2) is 5.17. The molecule has 4 saturated carbocycles. The van der Waals surface area contributed by atoms with Crippen molar-refractivity contribution in [2.45, 2.75) is 78.6 Å². The molecule has 4 fully saturated rings. The second-order valence-corrected chi connectivity index (χ2v) is 9.77. The summed E-state index contributed by atoms with van der Waals surface area (Å²) in [5, 5.41) is 0. The number of fused-ring (bicyclic) bond motifs is 5. The van der Waals surface area contributed by atoms with E-state index in [4.69, 9.17) is 0 Å². The Kier molecular flexibility index (Phi) is 3.56. The molecule has 23 heavy (non-hydrogen) atoms. The maximum absolute atomic E-state index is 12.1. The predicted molar refractivity (Wildman–Crippen MR) is 90.9 cm³/mol. The van der Waals surface area contributed by atoms with Crippen LogP contribution in [-0.2, 0) is 9.59 Å². The zero-order chi connectivity index (χ0) is 16.4. The molecule has 0 N–H and O–H groups in total. The van der Waals surface area contributed by atoms with Crippen LogP contribution in [0, 0.1) is 40.4 Å². The highest BCUT2D eigenvalue weighted by Gasteiger charge is 2.59. The van der Waals surface area contributed by atoms with Gasteiger partial charge >= 0.3 is 0 Å². The van der Waals surface area contributed by atoms with Crippen LogP contribution in [0.3, 0.4) is 0 Å². The third-order valence-corrected chi connectivity index (χ3v) is 8.78. The quantitative estimate of drug-likeness (QED) is 0.696. The molecule has 128 valence electrons. The van der Waals surface area contributed by atoms with E-state index in [2.05, 4.69) is 13.8 Å². The van der Waals surface area contributed by atoms with Crippen molar-refractivity contribution in [3.63, 3.8) is 0 Å². The molecule has 0 radical (unpaired) electrons. The summed E-state index contributed by atoms with van der Waals surface area (Å²) in [4.78, 5) is 24.1. The highest BCUT2D eigenvalue weighted by molar-refractivity contribution is 5.80. The van der Waals surface area contributed by atoms with Crippen molar-refractivity contribution in [3.8, 4) is 0 Å². The van der Waals surface area contributed by atoms with Crippen molar-refractivity contribution in [1.82, 2.24) is 0 Å². The van der Waals surface area contributed by atoms with E-state index in [1.165, 1.54) is 32.1 Å². The molecule has 0 aromatic heterocycles. The number of ketones is 2. The van der Waals surface area contributed by atoms with Crippen LogP contribution >= 0.6 is 0 Å². The molecule has 0 bridgehead atoms. The van der Waals surface area contributed by atoms with Crippen molar-refractivity contribution in [3.05, 3.63) is 0 Å². The Balaban J connectivity index is 1.61. The van der Waals surface area contributed by atoms with Crippen LogP contribution in [0.2, 0.25) is 0 Å². The topological polar surface area (TPSA) is 34.1 Å². The van der Waals surface area contributed by atoms with Gasteiger partial charge in [-0.25, -0.2) is 0 Å². The Labute approximate surface area is 140 Å². The molecule has 0 amide bonds. The summed E-state index contributed by atoms with van der Waals surface area (Å²) in [7, 11) is 0. The summed E-state index contributed by atoms with van der Waals surface area (Å²) in [6, 6.07) is 0. The molecule has 0 spiro atoms.